The molecule has 4 fully saturated rings. The van der Waals surface area contributed by atoms with Gasteiger partial charge in [-0.1, -0.05) is 27.7 Å². The van der Waals surface area contributed by atoms with Crippen molar-refractivity contribution in [3.63, 3.8) is 0 Å². The Balaban J connectivity index is 1.12. The number of nitrogen functional groups attached to an aromatic ring is 1. The number of nitrogens with two attached hydrogens (primary N) is 1. The third-order valence-corrected chi connectivity index (χ3v) is 23.3. The number of nitrogens with one attached hydrogen (secondary N) is 1. The molecule has 1 amide bonds. The zero-order valence-electron chi connectivity index (χ0n) is 60.3. The van der Waals surface area contributed by atoms with Crippen LogP contribution in [-0.4, -0.2) is 343 Å². The van der Waals surface area contributed by atoms with Crippen LogP contribution in [0, 0.1) is 23.2 Å². The van der Waals surface area contributed by atoms with Crippen molar-refractivity contribution in [3.8, 4) is 0 Å². The lowest BCUT2D eigenvalue weighted by Gasteiger charge is -2.42. The number of aliphatic hydroxyl groups is 10. The van der Waals surface area contributed by atoms with Crippen molar-refractivity contribution in [3.05, 3.63) is 12.7 Å². The van der Waals surface area contributed by atoms with Gasteiger partial charge in [-0.05, 0) is 0 Å². The molecule has 0 aromatic carbocycles. The summed E-state index contributed by atoms with van der Waals surface area (Å²) in [5.41, 5.74) is 3.23. The molecule has 57 heteroatoms. The third-order valence-electron chi connectivity index (χ3n) is 16.7. The van der Waals surface area contributed by atoms with Crippen LogP contribution in [0.5, 0.6) is 0 Å². The summed E-state index contributed by atoms with van der Waals surface area (Å²) in [6, 6.07) is -1.42. The Hall–Kier alpha value is -2.32. The fourth-order valence-corrected chi connectivity index (χ4v) is 14.7. The standard InChI is InChI=1S/C54H100N6O45P6/c1-30(2)106(72,73)94-19-39-35(12-40(101-39)60-25-58-42-49(55)56-24-57-50(42)60)105-111(82,83)95-18-34(13-61)17-84-26-97-110(80,81)96-23-54(20-85-27-98-107(74,75)91-9-6-88-51-31(3)43(66)45(68)36(14-62)102-51,21-86-28-99-108(76,77)92-10-7-89-52-32(4)44(67)46(69)37(15-63)103-52)22-87-29-100-109(78,79)93-11-8-90-53-41(59-33(5)65)48(71)47(70)38(16-64)104-53/h24-25,30-32,34-41,43-48,51-53,61-64,66-71H,6-23,26-29H2,1-5H3,(H,59,65)(H,72,73)(H,74,75)(H,76,77)(H,78,79)(H,80,81)(H,82,83)(H2,55,56,57)/t31?,32?,34?,35-,36?,37?,38?,39+,40+,41?,43+,44+,45-,46-,47-,48+,51+,52+,53+,54?/m0/s1. The number of aromatic nitrogens is 4. The van der Waals surface area contributed by atoms with E-state index in [9.17, 15) is 113 Å². The smallest absolute Gasteiger partial charge is 0.396 e. The average molecular weight is 1740 g/mol. The van der Waals surface area contributed by atoms with E-state index in [-0.39, 0.29) is 23.4 Å². The topological polar surface area (TPSA) is 728 Å². The number of nitrogens with zero attached hydrogens (tertiary/aromatic N) is 4. The molecule has 6 rings (SSSR count). The first-order valence-corrected chi connectivity index (χ1v) is 42.8. The molecule has 2 aromatic rings. The zero-order chi connectivity index (χ0) is 82.3. The number of phosphoric acid groups is 5. The summed E-state index contributed by atoms with van der Waals surface area (Å²) in [6.07, 6.45) is -18.7. The van der Waals surface area contributed by atoms with Crippen molar-refractivity contribution < 1.29 is 214 Å². The van der Waals surface area contributed by atoms with Gasteiger partial charge < -0.3 is 148 Å². The monoisotopic (exact) mass is 1740 g/mol. The van der Waals surface area contributed by atoms with Gasteiger partial charge in [-0.2, -0.15) is 0 Å². The fourth-order valence-electron chi connectivity index (χ4n) is 10.5. The van der Waals surface area contributed by atoms with Crippen molar-refractivity contribution in [1.29, 1.82) is 0 Å². The van der Waals surface area contributed by atoms with Crippen molar-refractivity contribution in [1.82, 2.24) is 24.8 Å². The van der Waals surface area contributed by atoms with Crippen LogP contribution in [0.25, 0.3) is 11.2 Å². The Bertz CT molecular complexity index is 3360. The SMILES string of the molecule is CC(=O)NC1[C@H](OCCOP(=O)(O)OCOCC(COCOP(=O)(O)OCCO[C@@H]2OC(CO)[C@H](O)[C@H](O)C2C)(COCOP(=O)(O)OCCO[C@@H]2OC(CO)[C@H](O)[C@H](O)C2C)COP(=O)(O)OCOCC(CO)COP(=O)(O)O[C@H]2C[C@H](n3cnc4c(N)ncnc43)O[C@@H]2COP(=O)(O)C(C)C)OC(CO)[C@H](O)[C@@H]1O. The highest BCUT2D eigenvalue weighted by Gasteiger charge is 2.49. The molecule has 0 saturated carbocycles. The molecule has 19 N–H and O–H groups in total. The molecule has 4 aliphatic heterocycles. The molecule has 0 spiro atoms. The van der Waals surface area contributed by atoms with Crippen LogP contribution in [0.2, 0.25) is 0 Å². The van der Waals surface area contributed by atoms with Crippen LogP contribution in [0.3, 0.4) is 0 Å². The van der Waals surface area contributed by atoms with Gasteiger partial charge in [0.15, 0.2) is 57.5 Å². The summed E-state index contributed by atoms with van der Waals surface area (Å²) in [5.74, 6) is -3.66. The summed E-state index contributed by atoms with van der Waals surface area (Å²) in [7, 11) is -30.4. The van der Waals surface area contributed by atoms with E-state index in [4.69, 9.17) is 108 Å². The number of rotatable bonds is 53. The van der Waals surface area contributed by atoms with Crippen LogP contribution >= 0.6 is 46.7 Å². The van der Waals surface area contributed by atoms with Crippen molar-refractivity contribution >= 4 is 69.6 Å². The number of amides is 1. The van der Waals surface area contributed by atoms with E-state index >= 15 is 0 Å². The fraction of sp³-hybridized carbons (Fsp3) is 0.889. The predicted octanol–water partition coefficient (Wildman–Crippen LogP) is -4.02. The Kier molecular flexibility index (Phi) is 39.7. The van der Waals surface area contributed by atoms with E-state index in [1.54, 1.807) is 0 Å². The van der Waals surface area contributed by atoms with E-state index in [1.165, 1.54) is 38.6 Å². The summed E-state index contributed by atoms with van der Waals surface area (Å²) >= 11 is 0. The van der Waals surface area contributed by atoms with Crippen LogP contribution in [0.4, 0.5) is 5.82 Å². The molecule has 0 bridgehead atoms. The van der Waals surface area contributed by atoms with Gasteiger partial charge in [0.2, 0.25) is 5.91 Å². The lowest BCUT2D eigenvalue weighted by Crippen LogP contribution is -2.64. The highest BCUT2D eigenvalue weighted by molar-refractivity contribution is 7.53. The summed E-state index contributed by atoms with van der Waals surface area (Å²) < 4.78 is 197. The molecule has 646 valence electrons. The van der Waals surface area contributed by atoms with E-state index in [2.05, 4.69) is 20.3 Å². The second-order valence-corrected chi connectivity index (χ2v) is 35.2. The van der Waals surface area contributed by atoms with Crippen molar-refractivity contribution in [2.75, 3.05) is 145 Å². The molecule has 4 aliphatic rings. The number of carbonyl (C=O) groups is 1. The van der Waals surface area contributed by atoms with Crippen LogP contribution in [0.15, 0.2) is 12.7 Å². The van der Waals surface area contributed by atoms with Crippen LogP contribution in [-0.2, 0) is 134 Å². The summed E-state index contributed by atoms with van der Waals surface area (Å²) in [6.45, 7) is -11.4. The van der Waals surface area contributed by atoms with E-state index in [1.807, 2.05) is 0 Å². The molecule has 6 heterocycles. The molecule has 51 nitrogen and oxygen atoms in total. The Morgan fingerprint density at radius 1 is 0.550 bits per heavy atom. The van der Waals surface area contributed by atoms with E-state index < -0.39 is 319 Å². The molecular formula is C54H100N6O45P6. The minimum atomic E-state index is -5.48. The normalized spacial score (nSPS) is 31.5. The highest BCUT2D eigenvalue weighted by atomic mass is 31.2. The molecule has 0 aliphatic carbocycles. The minimum Gasteiger partial charge on any atom is -0.396 e. The molecule has 2 aromatic heterocycles. The maximum absolute atomic E-state index is 13.7. The van der Waals surface area contributed by atoms with Gasteiger partial charge in [-0.15, -0.1) is 0 Å². The van der Waals surface area contributed by atoms with Gasteiger partial charge in [-0.25, -0.2) is 37.8 Å². The highest BCUT2D eigenvalue weighted by Crippen LogP contribution is 2.53. The van der Waals surface area contributed by atoms with E-state index in [0.29, 0.717) is 0 Å². The van der Waals surface area contributed by atoms with Gasteiger partial charge in [-0.3, -0.25) is 59.2 Å². The molecular weight excluding hydrogens is 1640 g/mol. The predicted molar refractivity (Wildman–Crippen MR) is 361 cm³/mol. The van der Waals surface area contributed by atoms with Gasteiger partial charge in [0.1, 0.15) is 79.0 Å². The number of hydrogen-bond donors (Lipinski definition) is 18. The zero-order valence-corrected chi connectivity index (χ0v) is 65.7. The maximum atomic E-state index is 13.7. The molecule has 0 radical (unpaired) electrons. The van der Waals surface area contributed by atoms with Gasteiger partial charge in [0, 0.05) is 31.1 Å². The Labute approximate surface area is 633 Å². The molecule has 13 unspecified atom stereocenters. The molecule has 4 saturated heterocycles. The minimum absolute atomic E-state index is 0.0190. The van der Waals surface area contributed by atoms with Crippen molar-refractivity contribution in [2.24, 2.45) is 23.2 Å². The number of aliphatic hydroxyl groups excluding tert-OH is 10. The number of phosphoric ester groups is 5. The second kappa shape index (κ2) is 45.2. The lowest BCUT2D eigenvalue weighted by molar-refractivity contribution is -0.283. The summed E-state index contributed by atoms with van der Waals surface area (Å²) in [5, 5.41) is 103. The Morgan fingerprint density at radius 3 is 1.46 bits per heavy atom. The third kappa shape index (κ3) is 30.8. The first-order chi connectivity index (χ1) is 52.1. The second-order valence-electron chi connectivity index (χ2n) is 25.6. The van der Waals surface area contributed by atoms with Crippen LogP contribution in [0.1, 0.15) is 47.3 Å². The quantitative estimate of drug-likeness (QED) is 0.0170. The average Bonchev–Trinajstić information content (AvgIpc) is 1.65. The largest absolute Gasteiger partial charge is 0.474 e. The van der Waals surface area contributed by atoms with Gasteiger partial charge in [0.25, 0.3) is 0 Å². The number of carbonyl (C=O) groups excluding carboxylic acids is 1. The molecule has 25 atom stereocenters. The van der Waals surface area contributed by atoms with Gasteiger partial charge >= 0.3 is 46.7 Å². The lowest BCUT2D eigenvalue weighted by atomic mass is 9.92. The number of fused-ring (bicyclic) bond motifs is 1. The van der Waals surface area contributed by atoms with E-state index in [0.717, 1.165) is 13.3 Å². The van der Waals surface area contributed by atoms with Gasteiger partial charge in [0.05, 0.1) is 142 Å². The summed E-state index contributed by atoms with van der Waals surface area (Å²) in [4.78, 5) is 88.1. The number of hydrogen-bond acceptors (Lipinski definition) is 43. The maximum Gasteiger partial charge on any atom is 0.474 e. The Morgan fingerprint density at radius 2 is 1.00 bits per heavy atom. The van der Waals surface area contributed by atoms with Crippen LogP contribution < -0.4 is 11.1 Å². The van der Waals surface area contributed by atoms with Crippen molar-refractivity contribution in [2.45, 2.75) is 145 Å². The number of imidazole rings is 1. The molecule has 111 heavy (non-hydrogen) atoms. The first kappa shape index (κ1) is 97.5. The number of anilines is 1. The number of ether oxygens (including phenoxy) is 11. The first-order valence-electron chi connectivity index (χ1n) is 33.7.